The summed E-state index contributed by atoms with van der Waals surface area (Å²) in [5.74, 6) is -0.502. The van der Waals surface area contributed by atoms with E-state index in [0.29, 0.717) is 30.5 Å². The number of carbonyl (C=O) groups excluding carboxylic acids is 2. The van der Waals surface area contributed by atoms with Crippen molar-refractivity contribution in [2.45, 2.75) is 31.5 Å². The molecule has 0 unspecified atom stereocenters. The number of nitrogens with one attached hydrogen (secondary N) is 2. The fourth-order valence-corrected chi connectivity index (χ4v) is 3.01. The Bertz CT molecular complexity index is 831. The SMILES string of the molecule is O=C(N[C@H]1CC[C@H](C(=O)OCc2ccc([N+](=O)[O-])cc2)NC1)c1ccccc1. The van der Waals surface area contributed by atoms with Gasteiger partial charge in [-0.05, 0) is 42.7 Å². The van der Waals surface area contributed by atoms with Crippen molar-refractivity contribution in [3.63, 3.8) is 0 Å². The van der Waals surface area contributed by atoms with Crippen molar-refractivity contribution in [2.75, 3.05) is 6.54 Å². The van der Waals surface area contributed by atoms with E-state index < -0.39 is 11.0 Å². The van der Waals surface area contributed by atoms with Crippen LogP contribution < -0.4 is 10.6 Å². The van der Waals surface area contributed by atoms with E-state index in [1.807, 2.05) is 18.2 Å². The number of non-ortho nitro benzene ring substituents is 1. The molecule has 2 aromatic carbocycles. The normalized spacial score (nSPS) is 18.9. The van der Waals surface area contributed by atoms with Crippen molar-refractivity contribution in [2.24, 2.45) is 0 Å². The molecule has 1 saturated heterocycles. The van der Waals surface area contributed by atoms with Crippen LogP contribution in [0, 0.1) is 10.1 Å². The van der Waals surface area contributed by atoms with E-state index in [4.69, 9.17) is 4.74 Å². The first-order valence-electron chi connectivity index (χ1n) is 9.02. The number of nitro groups is 1. The first kappa shape index (κ1) is 19.5. The number of amides is 1. The van der Waals surface area contributed by atoms with Gasteiger partial charge in [-0.1, -0.05) is 18.2 Å². The number of esters is 1. The lowest BCUT2D eigenvalue weighted by atomic mass is 10.0. The van der Waals surface area contributed by atoms with Crippen LogP contribution >= 0.6 is 0 Å². The Balaban J connectivity index is 1.42. The highest BCUT2D eigenvalue weighted by molar-refractivity contribution is 5.94. The number of hydrogen-bond donors (Lipinski definition) is 2. The molecule has 3 rings (SSSR count). The largest absolute Gasteiger partial charge is 0.460 e. The van der Waals surface area contributed by atoms with Crippen molar-refractivity contribution in [1.82, 2.24) is 10.6 Å². The molecule has 146 valence electrons. The monoisotopic (exact) mass is 383 g/mol. The maximum absolute atomic E-state index is 12.2. The third-order valence-corrected chi connectivity index (χ3v) is 4.60. The molecule has 2 aromatic rings. The molecule has 2 atom stereocenters. The van der Waals surface area contributed by atoms with E-state index in [0.717, 1.165) is 0 Å². The Labute approximate surface area is 162 Å². The highest BCUT2D eigenvalue weighted by atomic mass is 16.6. The van der Waals surface area contributed by atoms with Gasteiger partial charge in [-0.25, -0.2) is 0 Å². The maximum atomic E-state index is 12.2. The molecule has 8 nitrogen and oxygen atoms in total. The van der Waals surface area contributed by atoms with Crippen LogP contribution in [0.3, 0.4) is 0 Å². The quantitative estimate of drug-likeness (QED) is 0.449. The zero-order valence-corrected chi connectivity index (χ0v) is 15.2. The van der Waals surface area contributed by atoms with Crippen molar-refractivity contribution in [3.05, 3.63) is 75.8 Å². The molecule has 1 amide bonds. The second kappa shape index (κ2) is 9.09. The fraction of sp³-hybridized carbons (Fsp3) is 0.300. The lowest BCUT2D eigenvalue weighted by molar-refractivity contribution is -0.384. The summed E-state index contributed by atoms with van der Waals surface area (Å²) in [5, 5.41) is 16.7. The summed E-state index contributed by atoms with van der Waals surface area (Å²) in [6.45, 7) is 0.541. The molecule has 28 heavy (non-hydrogen) atoms. The number of ether oxygens (including phenoxy) is 1. The van der Waals surface area contributed by atoms with Crippen molar-refractivity contribution < 1.29 is 19.2 Å². The second-order valence-electron chi connectivity index (χ2n) is 6.61. The van der Waals surface area contributed by atoms with Gasteiger partial charge in [0.1, 0.15) is 12.6 Å². The van der Waals surface area contributed by atoms with Gasteiger partial charge in [0, 0.05) is 30.3 Å². The van der Waals surface area contributed by atoms with Gasteiger partial charge in [0.2, 0.25) is 0 Å². The van der Waals surface area contributed by atoms with Crippen LogP contribution in [-0.4, -0.2) is 35.4 Å². The zero-order valence-electron chi connectivity index (χ0n) is 15.2. The highest BCUT2D eigenvalue weighted by Gasteiger charge is 2.27. The number of rotatable bonds is 6. The highest BCUT2D eigenvalue weighted by Crippen LogP contribution is 2.14. The molecular weight excluding hydrogens is 362 g/mol. The molecule has 1 aliphatic rings. The molecule has 0 bridgehead atoms. The molecule has 1 aliphatic heterocycles. The van der Waals surface area contributed by atoms with Gasteiger partial charge in [0.05, 0.1) is 4.92 Å². The first-order valence-corrected chi connectivity index (χ1v) is 9.02. The van der Waals surface area contributed by atoms with E-state index >= 15 is 0 Å². The average molecular weight is 383 g/mol. The van der Waals surface area contributed by atoms with Gasteiger partial charge in [0.25, 0.3) is 11.6 Å². The van der Waals surface area contributed by atoms with Gasteiger partial charge in [-0.3, -0.25) is 19.7 Å². The Morgan fingerprint density at radius 3 is 2.43 bits per heavy atom. The van der Waals surface area contributed by atoms with Crippen molar-refractivity contribution >= 4 is 17.6 Å². The van der Waals surface area contributed by atoms with Gasteiger partial charge in [0.15, 0.2) is 0 Å². The Morgan fingerprint density at radius 1 is 1.11 bits per heavy atom. The summed E-state index contributed by atoms with van der Waals surface area (Å²) in [4.78, 5) is 34.6. The van der Waals surface area contributed by atoms with Gasteiger partial charge in [-0.15, -0.1) is 0 Å². The molecule has 0 radical (unpaired) electrons. The number of nitro benzene ring substituents is 1. The van der Waals surface area contributed by atoms with E-state index in [-0.39, 0.29) is 30.2 Å². The topological polar surface area (TPSA) is 111 Å². The number of hydrogen-bond acceptors (Lipinski definition) is 6. The fourth-order valence-electron chi connectivity index (χ4n) is 3.01. The van der Waals surface area contributed by atoms with Crippen LogP contribution in [0.15, 0.2) is 54.6 Å². The van der Waals surface area contributed by atoms with E-state index in [1.54, 1.807) is 24.3 Å². The lowest BCUT2D eigenvalue weighted by Crippen LogP contribution is -2.52. The summed E-state index contributed by atoms with van der Waals surface area (Å²) in [6.07, 6.45) is 1.22. The smallest absolute Gasteiger partial charge is 0.323 e. The van der Waals surface area contributed by atoms with Crippen LogP contribution in [-0.2, 0) is 16.1 Å². The van der Waals surface area contributed by atoms with Gasteiger partial charge >= 0.3 is 5.97 Å². The average Bonchev–Trinajstić information content (AvgIpc) is 2.73. The summed E-state index contributed by atoms with van der Waals surface area (Å²) in [5.41, 5.74) is 1.28. The molecule has 1 fully saturated rings. The standard InChI is InChI=1S/C20H21N3O5/c24-19(15-4-2-1-3-5-15)22-16-8-11-18(21-12-16)20(25)28-13-14-6-9-17(10-7-14)23(26)27/h1-7,9-10,16,18,21H,8,11-13H2,(H,22,24)/t16-,18+/m0/s1. The minimum Gasteiger partial charge on any atom is -0.460 e. The number of carbonyl (C=O) groups is 2. The maximum Gasteiger partial charge on any atom is 0.323 e. The Morgan fingerprint density at radius 2 is 1.82 bits per heavy atom. The van der Waals surface area contributed by atoms with Crippen LogP contribution in [0.2, 0.25) is 0 Å². The molecule has 1 heterocycles. The number of piperidine rings is 1. The molecule has 0 saturated carbocycles. The van der Waals surface area contributed by atoms with Crippen LogP contribution in [0.4, 0.5) is 5.69 Å². The Hall–Kier alpha value is -3.26. The van der Waals surface area contributed by atoms with Crippen molar-refractivity contribution in [3.8, 4) is 0 Å². The van der Waals surface area contributed by atoms with Gasteiger partial charge in [-0.2, -0.15) is 0 Å². The van der Waals surface area contributed by atoms with Crippen LogP contribution in [0.5, 0.6) is 0 Å². The predicted molar refractivity (Wildman–Crippen MR) is 102 cm³/mol. The van der Waals surface area contributed by atoms with Gasteiger partial charge < -0.3 is 15.4 Å². The molecule has 2 N–H and O–H groups in total. The van der Waals surface area contributed by atoms with E-state index in [2.05, 4.69) is 10.6 Å². The third kappa shape index (κ3) is 5.14. The van der Waals surface area contributed by atoms with Crippen LogP contribution in [0.25, 0.3) is 0 Å². The molecular formula is C20H21N3O5. The summed E-state index contributed by atoms with van der Waals surface area (Å²) in [7, 11) is 0. The van der Waals surface area contributed by atoms with E-state index in [9.17, 15) is 19.7 Å². The lowest BCUT2D eigenvalue weighted by Gasteiger charge is -2.29. The van der Waals surface area contributed by atoms with Crippen molar-refractivity contribution in [1.29, 1.82) is 0 Å². The minimum absolute atomic E-state index is 0.00684. The van der Waals surface area contributed by atoms with Crippen LogP contribution in [0.1, 0.15) is 28.8 Å². The number of benzene rings is 2. The number of nitrogens with zero attached hydrogens (tertiary/aromatic N) is 1. The molecule has 0 spiro atoms. The second-order valence-corrected chi connectivity index (χ2v) is 6.61. The minimum atomic E-state index is -0.477. The summed E-state index contributed by atoms with van der Waals surface area (Å²) in [6, 6.07) is 14.4. The van der Waals surface area contributed by atoms with E-state index in [1.165, 1.54) is 12.1 Å². The molecule has 0 aliphatic carbocycles. The Kier molecular flexibility index (Phi) is 6.33. The summed E-state index contributed by atoms with van der Waals surface area (Å²) >= 11 is 0. The first-order chi connectivity index (χ1) is 13.5. The summed E-state index contributed by atoms with van der Waals surface area (Å²) < 4.78 is 5.29. The predicted octanol–water partition coefficient (Wildman–Crippen LogP) is 2.19. The zero-order chi connectivity index (χ0) is 19.9. The third-order valence-electron chi connectivity index (χ3n) is 4.60. The molecule has 0 aromatic heterocycles. The molecule has 8 heteroatoms.